The number of aliphatic imine (C=N–C) groups is 1. The number of fused-ring (bicyclic) bond motifs is 1. The van der Waals surface area contributed by atoms with Gasteiger partial charge in [-0.25, -0.2) is 9.97 Å². The van der Waals surface area contributed by atoms with Gasteiger partial charge >= 0.3 is 0 Å². The molecular weight excluding hydrogens is 629 g/mol. The van der Waals surface area contributed by atoms with Crippen LogP contribution in [0, 0.1) is 5.92 Å². The second-order valence-corrected chi connectivity index (χ2v) is 14.1. The smallest absolute Gasteiger partial charge is 0.246 e. The fraction of sp³-hybridized carbons (Fsp3) is 0.429. The molecule has 4 aromatic rings. The van der Waals surface area contributed by atoms with Crippen molar-refractivity contribution >= 4 is 45.3 Å². The maximum absolute atomic E-state index is 13.5. The Morgan fingerprint density at radius 2 is 1.77 bits per heavy atom. The number of hydrogen-bond acceptors (Lipinski definition) is 8. The fourth-order valence-corrected chi connectivity index (χ4v) is 8.05. The molecule has 3 aliphatic rings. The van der Waals surface area contributed by atoms with Crippen molar-refractivity contribution in [3.05, 3.63) is 60.6 Å². The van der Waals surface area contributed by atoms with Gasteiger partial charge in [0.1, 0.15) is 18.5 Å². The number of benzene rings is 1. The molecule has 3 aliphatic heterocycles. The second kappa shape index (κ2) is 13.1. The molecular formula is C35H40N8O4S. The number of carbonyl (C=O) groups excluding carboxylic acids is 3. The Hall–Kier alpha value is -4.62. The summed E-state index contributed by atoms with van der Waals surface area (Å²) in [7, 11) is 0. The number of hydrogen-bond donors (Lipinski definition) is 3. The molecule has 0 bridgehead atoms. The van der Waals surface area contributed by atoms with Crippen LogP contribution in [0.25, 0.3) is 32.2 Å². The van der Waals surface area contributed by atoms with Gasteiger partial charge in [-0.05, 0) is 42.7 Å². The number of amides is 3. The van der Waals surface area contributed by atoms with Crippen molar-refractivity contribution in [2.75, 3.05) is 19.7 Å². The van der Waals surface area contributed by atoms with Crippen LogP contribution < -0.4 is 5.32 Å². The zero-order valence-electron chi connectivity index (χ0n) is 27.3. The highest BCUT2D eigenvalue weighted by Crippen LogP contribution is 2.35. The van der Waals surface area contributed by atoms with Gasteiger partial charge in [-0.3, -0.25) is 23.8 Å². The topological polar surface area (TPSA) is 148 Å². The Labute approximate surface area is 282 Å². The van der Waals surface area contributed by atoms with Gasteiger partial charge in [0.2, 0.25) is 17.7 Å². The van der Waals surface area contributed by atoms with E-state index >= 15 is 0 Å². The number of carbonyl (C=O) groups is 3. The molecule has 13 heteroatoms. The van der Waals surface area contributed by atoms with E-state index in [-0.39, 0.29) is 29.8 Å². The molecule has 6 heterocycles. The number of imidazole rings is 2. The number of thiazole rings is 1. The van der Waals surface area contributed by atoms with Crippen molar-refractivity contribution in [1.29, 1.82) is 0 Å². The van der Waals surface area contributed by atoms with Crippen molar-refractivity contribution in [3.8, 4) is 21.7 Å². The van der Waals surface area contributed by atoms with Crippen LogP contribution in [0.2, 0.25) is 0 Å². The summed E-state index contributed by atoms with van der Waals surface area (Å²) < 4.78 is 2.06. The van der Waals surface area contributed by atoms with Crippen LogP contribution in [0.5, 0.6) is 0 Å². The first-order valence-corrected chi connectivity index (χ1v) is 17.4. The highest BCUT2D eigenvalue weighted by molar-refractivity contribution is 7.20. The van der Waals surface area contributed by atoms with Gasteiger partial charge in [-0.2, -0.15) is 0 Å². The van der Waals surface area contributed by atoms with Gasteiger partial charge in [0.25, 0.3) is 0 Å². The molecule has 0 radical (unpaired) electrons. The molecule has 0 aliphatic carbocycles. The summed E-state index contributed by atoms with van der Waals surface area (Å²) in [6, 6.07) is 7.49. The van der Waals surface area contributed by atoms with Crippen LogP contribution in [0.1, 0.15) is 70.4 Å². The molecule has 48 heavy (non-hydrogen) atoms. The van der Waals surface area contributed by atoms with Gasteiger partial charge in [-0.1, -0.05) is 49.4 Å². The third-order valence-electron chi connectivity index (χ3n) is 9.60. The summed E-state index contributed by atoms with van der Waals surface area (Å²) in [4.78, 5) is 60.8. The molecule has 2 fully saturated rings. The lowest BCUT2D eigenvalue weighted by atomic mass is 10.0. The van der Waals surface area contributed by atoms with Crippen LogP contribution in [-0.4, -0.2) is 89.5 Å². The van der Waals surface area contributed by atoms with Crippen molar-refractivity contribution in [3.63, 3.8) is 0 Å². The van der Waals surface area contributed by atoms with Crippen LogP contribution in [0.15, 0.2) is 54.0 Å². The summed E-state index contributed by atoms with van der Waals surface area (Å²) in [5.41, 5.74) is 6.00. The lowest BCUT2D eigenvalue weighted by molar-refractivity contribution is -0.139. The minimum absolute atomic E-state index is 0.0976. The minimum atomic E-state index is -0.706. The maximum Gasteiger partial charge on any atom is 0.246 e. The normalized spacial score (nSPS) is 20.1. The van der Waals surface area contributed by atoms with Crippen molar-refractivity contribution in [2.45, 2.75) is 71.0 Å². The number of aliphatic hydroxyl groups excluding tert-OH is 1. The molecule has 0 saturated carbocycles. The Morgan fingerprint density at radius 3 is 2.48 bits per heavy atom. The average molecular weight is 669 g/mol. The van der Waals surface area contributed by atoms with E-state index in [4.69, 9.17) is 9.98 Å². The van der Waals surface area contributed by atoms with E-state index in [0.29, 0.717) is 6.54 Å². The number of aliphatic hydroxyl groups is 1. The van der Waals surface area contributed by atoms with Crippen LogP contribution in [0.3, 0.4) is 0 Å². The number of H-pyrrole nitrogens is 1. The third-order valence-corrected chi connectivity index (χ3v) is 10.7. The molecule has 0 spiro atoms. The number of allylic oxidation sites excluding steroid dienone is 1. The van der Waals surface area contributed by atoms with Gasteiger partial charge in [-0.15, -0.1) is 0 Å². The number of rotatable bonds is 9. The Morgan fingerprint density at radius 1 is 1.04 bits per heavy atom. The lowest BCUT2D eigenvalue weighted by Gasteiger charge is -2.30. The van der Waals surface area contributed by atoms with Crippen molar-refractivity contribution in [1.82, 2.24) is 34.5 Å². The standard InChI is InChI=1S/C35H40N8O4S/c1-20(2)32(40-31(46)19-44)34(47)43-13-5-7-29(43)33-37-16-26(38-33)22-8-10-23(11-9-22)30-18-41-17-27(39-35(41)48-30)24-14-25(36-15-24)28-6-4-12-42(28)21(3)45/h8-11,15-18,20,28-29,32,44H,4-7,12-14,19H2,1-3H3,(H,37,38)(H,40,46)/t28?,29-,32-/m0/s1. The molecule has 250 valence electrons. The first-order valence-electron chi connectivity index (χ1n) is 16.6. The number of nitrogens with one attached hydrogen (secondary N) is 2. The van der Waals surface area contributed by atoms with Crippen molar-refractivity contribution in [2.24, 2.45) is 10.9 Å². The predicted molar refractivity (Wildman–Crippen MR) is 184 cm³/mol. The van der Waals surface area contributed by atoms with E-state index < -0.39 is 18.6 Å². The van der Waals surface area contributed by atoms with Crippen molar-refractivity contribution < 1.29 is 19.5 Å². The molecule has 3 amide bonds. The van der Waals surface area contributed by atoms with Crippen LogP contribution >= 0.6 is 11.3 Å². The summed E-state index contributed by atoms with van der Waals surface area (Å²) in [6.07, 6.45) is 12.2. The Balaban J connectivity index is 1.01. The predicted octanol–water partition coefficient (Wildman–Crippen LogP) is 4.45. The largest absolute Gasteiger partial charge is 0.387 e. The van der Waals surface area contributed by atoms with E-state index in [9.17, 15) is 19.5 Å². The second-order valence-electron chi connectivity index (χ2n) is 13.1. The lowest BCUT2D eigenvalue weighted by Crippen LogP contribution is -2.51. The summed E-state index contributed by atoms with van der Waals surface area (Å²) in [5, 5.41) is 11.9. The summed E-state index contributed by atoms with van der Waals surface area (Å²) >= 11 is 1.63. The highest BCUT2D eigenvalue weighted by Gasteiger charge is 2.37. The van der Waals surface area contributed by atoms with Crippen LogP contribution in [0.4, 0.5) is 0 Å². The first kappa shape index (κ1) is 32.0. The number of likely N-dealkylation sites (tertiary alicyclic amines) is 2. The molecule has 12 nitrogen and oxygen atoms in total. The zero-order valence-corrected chi connectivity index (χ0v) is 28.2. The van der Waals surface area contributed by atoms with E-state index in [1.807, 2.05) is 24.9 Å². The van der Waals surface area contributed by atoms with Gasteiger partial charge in [0.05, 0.1) is 34.5 Å². The summed E-state index contributed by atoms with van der Waals surface area (Å²) in [6.45, 7) is 6.14. The van der Waals surface area contributed by atoms with Gasteiger partial charge in [0, 0.05) is 56.3 Å². The molecule has 1 aromatic carbocycles. The Kier molecular flexibility index (Phi) is 8.73. The van der Waals surface area contributed by atoms with Gasteiger partial charge in [0.15, 0.2) is 4.96 Å². The highest BCUT2D eigenvalue weighted by atomic mass is 32.1. The Bertz CT molecular complexity index is 1890. The van der Waals surface area contributed by atoms with E-state index in [0.717, 1.165) is 88.1 Å². The maximum atomic E-state index is 13.5. The third kappa shape index (κ3) is 6.08. The minimum Gasteiger partial charge on any atom is -0.387 e. The van der Waals surface area contributed by atoms with E-state index in [1.165, 1.54) is 0 Å². The monoisotopic (exact) mass is 668 g/mol. The molecule has 1 unspecified atom stereocenters. The molecule has 3 atom stereocenters. The van der Waals surface area contributed by atoms with E-state index in [1.54, 1.807) is 29.4 Å². The number of aromatic amines is 1. The van der Waals surface area contributed by atoms with Crippen LogP contribution in [-0.2, 0) is 14.4 Å². The quantitative estimate of drug-likeness (QED) is 0.240. The zero-order chi connectivity index (χ0) is 33.5. The van der Waals surface area contributed by atoms with Gasteiger partial charge < -0.3 is 25.2 Å². The molecule has 2 saturated heterocycles. The summed E-state index contributed by atoms with van der Waals surface area (Å²) in [5.74, 6) is -0.00407. The molecule has 3 N–H and O–H groups in total. The SMILES string of the molecule is CC(=O)N1CCCC1C1=NC=C(c2cn3cc(-c4ccc(-c5cnc([C@@H]6CCCN6C(=O)[C@@H](NC(=O)CO)C(C)C)[nH]5)cc4)sc3n2)C1. The molecule has 3 aromatic heterocycles. The average Bonchev–Trinajstić information content (AvgIpc) is 3.91. The number of nitrogens with zero attached hydrogens (tertiary/aromatic N) is 6. The first-order chi connectivity index (χ1) is 23.2. The number of aromatic nitrogens is 4. The fourth-order valence-electron chi connectivity index (χ4n) is 7.07. The van der Waals surface area contributed by atoms with E-state index in [2.05, 4.69) is 56.3 Å². The molecule has 7 rings (SSSR count).